The normalized spacial score (nSPS) is 18.6. The van der Waals surface area contributed by atoms with Crippen LogP contribution in [0, 0.1) is 0 Å². The Morgan fingerprint density at radius 1 is 0.727 bits per heavy atom. The molecule has 0 bridgehead atoms. The summed E-state index contributed by atoms with van der Waals surface area (Å²) in [6.45, 7) is 6.56. The van der Waals surface area contributed by atoms with E-state index in [4.69, 9.17) is 0 Å². The van der Waals surface area contributed by atoms with Crippen molar-refractivity contribution in [3.8, 4) is 0 Å². The Labute approximate surface area is 81.3 Å². The van der Waals surface area contributed by atoms with Crippen molar-refractivity contribution in [1.29, 1.82) is 0 Å². The fourth-order valence-electron chi connectivity index (χ4n) is 1.06. The maximum atomic E-state index is 2.19. The third-order valence-corrected chi connectivity index (χ3v) is 1.50. The van der Waals surface area contributed by atoms with Crippen molar-refractivity contribution in [2.45, 2.75) is 63.4 Å². The Balaban J connectivity index is 0.000000187. The van der Waals surface area contributed by atoms with Crippen LogP contribution in [-0.2, 0) is 0 Å². The van der Waals surface area contributed by atoms with Gasteiger partial charge in [-0.05, 0) is 0 Å². The molecule has 1 aliphatic carbocycles. The third-order valence-electron chi connectivity index (χ3n) is 1.50. The van der Waals surface area contributed by atoms with E-state index >= 15 is 0 Å². The molecule has 1 fully saturated rings. The average molecular weight is 148 g/mol. The van der Waals surface area contributed by atoms with Crippen molar-refractivity contribution in [3.63, 3.8) is 0 Å². The average Bonchev–Trinajstić information content (AvgIpc) is 1.88. The summed E-state index contributed by atoms with van der Waals surface area (Å²) in [6, 6.07) is 0. The van der Waals surface area contributed by atoms with Crippen molar-refractivity contribution in [2.24, 2.45) is 0 Å². The summed E-state index contributed by atoms with van der Waals surface area (Å²) in [5, 5.41) is 0. The summed E-state index contributed by atoms with van der Waals surface area (Å²) in [4.78, 5) is 0. The van der Waals surface area contributed by atoms with Crippen molar-refractivity contribution >= 4 is 17.7 Å². The monoisotopic (exact) mass is 148 g/mol. The topological polar surface area (TPSA) is 0 Å². The molecule has 0 radical (unpaired) electrons. The first-order chi connectivity index (χ1) is 5.00. The van der Waals surface area contributed by atoms with E-state index in [1.54, 1.807) is 0 Å². The zero-order chi connectivity index (χ0) is 8.74. The van der Waals surface area contributed by atoms with Crippen LogP contribution in [0.2, 0.25) is 4.09 Å². The summed E-state index contributed by atoms with van der Waals surface area (Å²) in [7, 11) is 0. The quantitative estimate of drug-likeness (QED) is 0.459. The second kappa shape index (κ2) is 6.15. The number of hydrogen-bond acceptors (Lipinski definition) is 0. The molecule has 0 aromatic heterocycles. The molecule has 0 amide bonds. The molecule has 0 spiro atoms. The molecule has 1 rings (SSSR count). The van der Waals surface area contributed by atoms with E-state index in [1.165, 1.54) is 38.5 Å². The molecule has 62 valence electrons. The maximum absolute atomic E-state index is 2.19. The molecule has 1 saturated carbocycles. The molecule has 0 atom stereocenters. The Morgan fingerprint density at radius 2 is 0.818 bits per heavy atom. The van der Waals surface area contributed by atoms with Crippen LogP contribution in [0.5, 0.6) is 0 Å². The molecule has 0 aromatic rings. The standard InChI is InChI=1S/C6H12.C4H9.Li/c1-2-4-6-5-3-1;1-4(2)3;/h1-6H2;1-3H3;. The first-order valence-electron chi connectivity index (χ1n) is 5.00. The Bertz CT molecular complexity index is 59.9. The Kier molecular flexibility index (Phi) is 6.49. The predicted molar refractivity (Wildman–Crippen MR) is 53.2 cm³/mol. The van der Waals surface area contributed by atoms with Gasteiger partial charge in [0.2, 0.25) is 0 Å². The molecule has 1 heteroatoms. The molecular weight excluding hydrogens is 127 g/mol. The molecule has 0 nitrogen and oxygen atoms in total. The van der Waals surface area contributed by atoms with Crippen LogP contribution in [0.25, 0.3) is 0 Å². The van der Waals surface area contributed by atoms with Crippen LogP contribution in [0.4, 0.5) is 0 Å². The second-order valence-corrected chi connectivity index (χ2v) is 5.12. The van der Waals surface area contributed by atoms with Gasteiger partial charge in [0, 0.05) is 0 Å². The summed E-state index contributed by atoms with van der Waals surface area (Å²) in [5.74, 6) is 0. The Morgan fingerprint density at radius 3 is 0.909 bits per heavy atom. The van der Waals surface area contributed by atoms with Gasteiger partial charge < -0.3 is 0 Å². The van der Waals surface area contributed by atoms with E-state index in [0.29, 0.717) is 4.09 Å². The summed E-state index contributed by atoms with van der Waals surface area (Å²) < 4.78 is 0.500. The minimum atomic E-state index is 0.500. The molecule has 11 heavy (non-hydrogen) atoms. The second-order valence-electron chi connectivity index (χ2n) is 5.12. The minimum absolute atomic E-state index is 0.500. The summed E-state index contributed by atoms with van der Waals surface area (Å²) in [5.41, 5.74) is 0. The van der Waals surface area contributed by atoms with Gasteiger partial charge in [-0.15, -0.1) is 0 Å². The van der Waals surface area contributed by atoms with Crippen LogP contribution >= 0.6 is 0 Å². The van der Waals surface area contributed by atoms with Gasteiger partial charge >= 0.3 is 42.6 Å². The molecule has 0 aromatic carbocycles. The first-order valence-corrected chi connectivity index (χ1v) is 5.00. The van der Waals surface area contributed by atoms with E-state index in [2.05, 4.69) is 38.5 Å². The SMILES string of the molecule is C1CCCCC1.[Li][C](C)(C)C. The molecule has 0 saturated heterocycles. The van der Waals surface area contributed by atoms with Gasteiger partial charge in [-0.3, -0.25) is 0 Å². The molecule has 0 aliphatic heterocycles. The molecule has 0 unspecified atom stereocenters. The molecular formula is C10H21Li. The number of hydrogen-bond donors (Lipinski definition) is 0. The van der Waals surface area contributed by atoms with Crippen LogP contribution in [0.15, 0.2) is 0 Å². The van der Waals surface area contributed by atoms with Gasteiger partial charge in [0.05, 0.1) is 0 Å². The van der Waals surface area contributed by atoms with Gasteiger partial charge in [-0.1, -0.05) is 38.5 Å². The van der Waals surface area contributed by atoms with Gasteiger partial charge in [-0.25, -0.2) is 0 Å². The van der Waals surface area contributed by atoms with E-state index in [-0.39, 0.29) is 0 Å². The zero-order valence-electron chi connectivity index (χ0n) is 8.74. The summed E-state index contributed by atoms with van der Waals surface area (Å²) >= 11 is 2.19. The fraction of sp³-hybridized carbons (Fsp3) is 1.00. The third kappa shape index (κ3) is 18.0. The van der Waals surface area contributed by atoms with Crippen molar-refractivity contribution in [1.82, 2.24) is 0 Å². The number of rotatable bonds is 0. The fourth-order valence-corrected chi connectivity index (χ4v) is 1.06. The van der Waals surface area contributed by atoms with Gasteiger partial charge in [0.25, 0.3) is 0 Å². The first kappa shape index (κ1) is 11.6. The molecule has 0 heterocycles. The van der Waals surface area contributed by atoms with Crippen LogP contribution in [0.1, 0.15) is 59.3 Å². The zero-order valence-corrected chi connectivity index (χ0v) is 8.74. The van der Waals surface area contributed by atoms with Gasteiger partial charge in [0.1, 0.15) is 0 Å². The van der Waals surface area contributed by atoms with Crippen LogP contribution in [-0.4, -0.2) is 17.7 Å². The summed E-state index contributed by atoms with van der Waals surface area (Å²) in [6.07, 6.45) is 9.00. The van der Waals surface area contributed by atoms with Crippen molar-refractivity contribution < 1.29 is 0 Å². The van der Waals surface area contributed by atoms with E-state index < -0.39 is 0 Å². The van der Waals surface area contributed by atoms with E-state index in [1.807, 2.05) is 0 Å². The van der Waals surface area contributed by atoms with E-state index in [0.717, 1.165) is 0 Å². The Hall–Kier alpha value is 0.597. The van der Waals surface area contributed by atoms with Crippen LogP contribution in [0.3, 0.4) is 0 Å². The van der Waals surface area contributed by atoms with E-state index in [9.17, 15) is 0 Å². The van der Waals surface area contributed by atoms with Crippen molar-refractivity contribution in [2.75, 3.05) is 0 Å². The molecule has 0 N–H and O–H groups in total. The predicted octanol–water partition coefficient (Wildman–Crippen LogP) is 3.71. The van der Waals surface area contributed by atoms with Gasteiger partial charge in [-0.2, -0.15) is 0 Å². The van der Waals surface area contributed by atoms with Crippen LogP contribution < -0.4 is 0 Å². The van der Waals surface area contributed by atoms with Gasteiger partial charge in [0.15, 0.2) is 0 Å². The van der Waals surface area contributed by atoms with Crippen molar-refractivity contribution in [3.05, 3.63) is 0 Å². The molecule has 1 aliphatic rings.